The van der Waals surface area contributed by atoms with E-state index in [0.29, 0.717) is 10.9 Å². The van der Waals surface area contributed by atoms with Crippen LogP contribution >= 0.6 is 0 Å². The van der Waals surface area contributed by atoms with Gasteiger partial charge in [-0.2, -0.15) is 0 Å². The molecule has 0 spiro atoms. The zero-order valence-electron chi connectivity index (χ0n) is 9.70. The standard InChI is InChI=1S/C13H13FN2O/c1-8(2)16-13(17)10-6-9-4-3-5-11(14)12(9)15-7-10/h3-8H,1-2H3,(H,16,17). The number of hydrogen-bond acceptors (Lipinski definition) is 2. The summed E-state index contributed by atoms with van der Waals surface area (Å²) in [6.45, 7) is 3.76. The highest BCUT2D eigenvalue weighted by Crippen LogP contribution is 2.16. The van der Waals surface area contributed by atoms with Gasteiger partial charge in [-0.15, -0.1) is 0 Å². The van der Waals surface area contributed by atoms with E-state index >= 15 is 0 Å². The molecule has 2 rings (SSSR count). The molecule has 4 heteroatoms. The monoisotopic (exact) mass is 232 g/mol. The fourth-order valence-electron chi connectivity index (χ4n) is 1.59. The van der Waals surface area contributed by atoms with Crippen LogP contribution in [0.5, 0.6) is 0 Å². The van der Waals surface area contributed by atoms with Crippen molar-refractivity contribution in [3.05, 3.63) is 41.8 Å². The third-order valence-electron chi connectivity index (χ3n) is 2.34. The lowest BCUT2D eigenvalue weighted by Gasteiger charge is -2.08. The van der Waals surface area contributed by atoms with Crippen LogP contribution in [0.3, 0.4) is 0 Å². The summed E-state index contributed by atoms with van der Waals surface area (Å²) in [5.41, 5.74) is 0.727. The number of nitrogens with one attached hydrogen (secondary N) is 1. The minimum absolute atomic E-state index is 0.0608. The zero-order valence-corrected chi connectivity index (χ0v) is 9.70. The van der Waals surface area contributed by atoms with Gasteiger partial charge in [-0.25, -0.2) is 4.39 Å². The van der Waals surface area contributed by atoms with E-state index in [9.17, 15) is 9.18 Å². The molecule has 0 saturated heterocycles. The van der Waals surface area contributed by atoms with E-state index in [2.05, 4.69) is 10.3 Å². The highest BCUT2D eigenvalue weighted by Gasteiger charge is 2.09. The van der Waals surface area contributed by atoms with Crippen LogP contribution in [0.4, 0.5) is 4.39 Å². The average molecular weight is 232 g/mol. The second-order valence-electron chi connectivity index (χ2n) is 4.16. The Morgan fingerprint density at radius 2 is 2.18 bits per heavy atom. The Balaban J connectivity index is 2.42. The van der Waals surface area contributed by atoms with Crippen molar-refractivity contribution < 1.29 is 9.18 Å². The second-order valence-corrected chi connectivity index (χ2v) is 4.16. The maximum Gasteiger partial charge on any atom is 0.253 e. The van der Waals surface area contributed by atoms with Gasteiger partial charge < -0.3 is 5.32 Å². The minimum atomic E-state index is -0.377. The lowest BCUT2D eigenvalue weighted by molar-refractivity contribution is 0.0943. The zero-order chi connectivity index (χ0) is 12.4. The van der Waals surface area contributed by atoms with Crippen LogP contribution in [0.2, 0.25) is 0 Å². The molecular formula is C13H13FN2O. The number of aromatic nitrogens is 1. The third kappa shape index (κ3) is 2.41. The smallest absolute Gasteiger partial charge is 0.253 e. The summed E-state index contributed by atoms with van der Waals surface area (Å²) in [6.07, 6.45) is 1.39. The molecule has 1 amide bonds. The molecule has 88 valence electrons. The topological polar surface area (TPSA) is 42.0 Å². The average Bonchev–Trinajstić information content (AvgIpc) is 2.28. The quantitative estimate of drug-likeness (QED) is 0.864. The van der Waals surface area contributed by atoms with Crippen LogP contribution in [-0.4, -0.2) is 16.9 Å². The Labute approximate surface area is 98.7 Å². The van der Waals surface area contributed by atoms with Gasteiger partial charge in [0.05, 0.1) is 5.56 Å². The normalized spacial score (nSPS) is 10.8. The number of amides is 1. The second kappa shape index (κ2) is 4.49. The number of carbonyl (C=O) groups is 1. The molecule has 0 fully saturated rings. The van der Waals surface area contributed by atoms with Crippen molar-refractivity contribution in [2.24, 2.45) is 0 Å². The molecular weight excluding hydrogens is 219 g/mol. The molecule has 0 aliphatic carbocycles. The number of nitrogens with zero attached hydrogens (tertiary/aromatic N) is 1. The molecule has 1 aromatic heterocycles. The van der Waals surface area contributed by atoms with Gasteiger partial charge in [0.1, 0.15) is 11.3 Å². The lowest BCUT2D eigenvalue weighted by atomic mass is 10.1. The van der Waals surface area contributed by atoms with E-state index in [1.54, 1.807) is 18.2 Å². The molecule has 0 saturated carbocycles. The van der Waals surface area contributed by atoms with Gasteiger partial charge in [0.25, 0.3) is 5.91 Å². The van der Waals surface area contributed by atoms with E-state index in [-0.39, 0.29) is 23.3 Å². The van der Waals surface area contributed by atoms with Crippen molar-refractivity contribution in [1.82, 2.24) is 10.3 Å². The van der Waals surface area contributed by atoms with Gasteiger partial charge in [-0.05, 0) is 26.0 Å². The van der Waals surface area contributed by atoms with Crippen LogP contribution in [0.25, 0.3) is 10.9 Å². The van der Waals surface area contributed by atoms with Gasteiger partial charge in [-0.1, -0.05) is 12.1 Å². The maximum absolute atomic E-state index is 13.4. The predicted octanol–water partition coefficient (Wildman–Crippen LogP) is 2.51. The first-order valence-corrected chi connectivity index (χ1v) is 5.43. The number of fused-ring (bicyclic) bond motifs is 1. The number of hydrogen-bond donors (Lipinski definition) is 1. The summed E-state index contributed by atoms with van der Waals surface area (Å²) in [5.74, 6) is -0.572. The Morgan fingerprint density at radius 3 is 2.88 bits per heavy atom. The summed E-state index contributed by atoms with van der Waals surface area (Å²) < 4.78 is 13.4. The van der Waals surface area contributed by atoms with E-state index in [0.717, 1.165) is 0 Å². The van der Waals surface area contributed by atoms with Gasteiger partial charge >= 0.3 is 0 Å². The molecule has 0 atom stereocenters. The molecule has 17 heavy (non-hydrogen) atoms. The van der Waals surface area contributed by atoms with Crippen molar-refractivity contribution in [1.29, 1.82) is 0 Å². The Hall–Kier alpha value is -1.97. The number of carbonyl (C=O) groups excluding carboxylic acids is 1. The predicted molar refractivity (Wildman–Crippen MR) is 64.3 cm³/mol. The molecule has 1 N–H and O–H groups in total. The van der Waals surface area contributed by atoms with Gasteiger partial charge in [0.2, 0.25) is 0 Å². The number of halogens is 1. The van der Waals surface area contributed by atoms with Crippen LogP contribution in [0, 0.1) is 5.82 Å². The summed E-state index contributed by atoms with van der Waals surface area (Å²) in [4.78, 5) is 15.7. The number of para-hydroxylation sites is 1. The van der Waals surface area contributed by atoms with Crippen LogP contribution < -0.4 is 5.32 Å². The molecule has 1 aromatic carbocycles. The Kier molecular flexibility index (Phi) is 3.04. The van der Waals surface area contributed by atoms with E-state index < -0.39 is 0 Å². The summed E-state index contributed by atoms with van der Waals surface area (Å²) in [6, 6.07) is 6.39. The van der Waals surface area contributed by atoms with Crippen molar-refractivity contribution in [3.63, 3.8) is 0 Å². The molecule has 0 aliphatic rings. The summed E-state index contributed by atoms with van der Waals surface area (Å²) in [7, 11) is 0. The highest BCUT2D eigenvalue weighted by molar-refractivity contribution is 5.97. The molecule has 0 unspecified atom stereocenters. The molecule has 0 radical (unpaired) electrons. The van der Waals surface area contributed by atoms with Crippen molar-refractivity contribution in [3.8, 4) is 0 Å². The van der Waals surface area contributed by atoms with Gasteiger partial charge in [0.15, 0.2) is 0 Å². The first-order valence-electron chi connectivity index (χ1n) is 5.43. The fourth-order valence-corrected chi connectivity index (χ4v) is 1.59. The number of pyridine rings is 1. The molecule has 0 aliphatic heterocycles. The molecule has 0 bridgehead atoms. The maximum atomic E-state index is 13.4. The van der Waals surface area contributed by atoms with Crippen LogP contribution in [0.15, 0.2) is 30.5 Å². The fraction of sp³-hybridized carbons (Fsp3) is 0.231. The van der Waals surface area contributed by atoms with Gasteiger partial charge in [0, 0.05) is 17.6 Å². The lowest BCUT2D eigenvalue weighted by Crippen LogP contribution is -2.30. The SMILES string of the molecule is CC(C)NC(=O)c1cnc2c(F)cccc2c1. The van der Waals surface area contributed by atoms with Crippen molar-refractivity contribution >= 4 is 16.8 Å². The number of benzene rings is 1. The van der Waals surface area contributed by atoms with Crippen molar-refractivity contribution in [2.75, 3.05) is 0 Å². The van der Waals surface area contributed by atoms with Crippen molar-refractivity contribution in [2.45, 2.75) is 19.9 Å². The Morgan fingerprint density at radius 1 is 1.41 bits per heavy atom. The van der Waals surface area contributed by atoms with Crippen LogP contribution in [0.1, 0.15) is 24.2 Å². The molecule has 3 nitrogen and oxygen atoms in total. The highest BCUT2D eigenvalue weighted by atomic mass is 19.1. The van der Waals surface area contributed by atoms with Crippen LogP contribution in [-0.2, 0) is 0 Å². The largest absolute Gasteiger partial charge is 0.350 e. The summed E-state index contributed by atoms with van der Waals surface area (Å²) in [5, 5.41) is 3.39. The summed E-state index contributed by atoms with van der Waals surface area (Å²) >= 11 is 0. The first-order chi connectivity index (χ1) is 8.08. The molecule has 2 aromatic rings. The molecule has 1 heterocycles. The number of rotatable bonds is 2. The minimum Gasteiger partial charge on any atom is -0.350 e. The van der Waals surface area contributed by atoms with Gasteiger partial charge in [-0.3, -0.25) is 9.78 Å². The third-order valence-corrected chi connectivity index (χ3v) is 2.34. The Bertz CT molecular complexity index is 566. The first kappa shape index (κ1) is 11.5. The van der Waals surface area contributed by atoms with E-state index in [1.807, 2.05) is 13.8 Å². The van der Waals surface area contributed by atoms with E-state index in [1.165, 1.54) is 12.3 Å². The van der Waals surface area contributed by atoms with E-state index in [4.69, 9.17) is 0 Å².